The Labute approximate surface area is 124 Å². The Bertz CT molecular complexity index is 456. The van der Waals surface area contributed by atoms with Crippen LogP contribution < -0.4 is 10.1 Å². The summed E-state index contributed by atoms with van der Waals surface area (Å²) in [6.07, 6.45) is 9.33. The molecule has 21 heavy (non-hydrogen) atoms. The Morgan fingerprint density at radius 1 is 1.29 bits per heavy atom. The molecular weight excluding hydrogens is 268 g/mol. The fourth-order valence-electron chi connectivity index (χ4n) is 2.58. The molecule has 2 heterocycles. The van der Waals surface area contributed by atoms with E-state index >= 15 is 0 Å². The van der Waals surface area contributed by atoms with Gasteiger partial charge >= 0.3 is 0 Å². The topological polar surface area (TPSA) is 67.4 Å². The number of nitrogens with zero attached hydrogens (tertiary/aromatic N) is 3. The molecule has 1 N–H and O–H groups in total. The van der Waals surface area contributed by atoms with E-state index in [0.29, 0.717) is 31.0 Å². The average molecular weight is 290 g/mol. The van der Waals surface area contributed by atoms with E-state index in [1.54, 1.807) is 18.6 Å². The number of nitrogens with one attached hydrogen (secondary N) is 1. The zero-order chi connectivity index (χ0) is 14.5. The molecule has 0 atom stereocenters. The van der Waals surface area contributed by atoms with Gasteiger partial charge in [-0.25, -0.2) is 4.98 Å². The van der Waals surface area contributed by atoms with Crippen LogP contribution in [0.2, 0.25) is 0 Å². The van der Waals surface area contributed by atoms with Crippen molar-refractivity contribution in [1.29, 1.82) is 0 Å². The normalized spacial score (nSPS) is 20.2. The van der Waals surface area contributed by atoms with E-state index in [1.165, 1.54) is 0 Å². The highest BCUT2D eigenvalue weighted by Gasteiger charge is 2.25. The van der Waals surface area contributed by atoms with Gasteiger partial charge in [0, 0.05) is 18.4 Å². The standard InChI is InChI=1S/C15H22N4O2/c20-14(18-13-1-2-13)10-19-7-3-12(4-8-19)11-21-15-9-16-5-6-17-15/h5-6,9,12-13H,1-4,7-8,10-11H2,(H,18,20). The SMILES string of the molecule is O=C(CN1CCC(COc2cnccn2)CC1)NC1CC1. The van der Waals surface area contributed by atoms with Crippen molar-refractivity contribution in [1.82, 2.24) is 20.2 Å². The van der Waals surface area contributed by atoms with Crippen molar-refractivity contribution < 1.29 is 9.53 Å². The average Bonchev–Trinajstić information content (AvgIpc) is 3.31. The van der Waals surface area contributed by atoms with Crippen LogP contribution in [0.3, 0.4) is 0 Å². The van der Waals surface area contributed by atoms with Gasteiger partial charge in [-0.3, -0.25) is 14.7 Å². The first-order valence-corrected chi connectivity index (χ1v) is 7.70. The maximum absolute atomic E-state index is 11.8. The fraction of sp³-hybridized carbons (Fsp3) is 0.667. The molecular formula is C15H22N4O2. The molecule has 6 nitrogen and oxygen atoms in total. The van der Waals surface area contributed by atoms with Crippen LogP contribution in [0.15, 0.2) is 18.6 Å². The maximum atomic E-state index is 11.8. The smallest absolute Gasteiger partial charge is 0.234 e. The number of hydrogen-bond acceptors (Lipinski definition) is 5. The van der Waals surface area contributed by atoms with Crippen molar-refractivity contribution in [2.45, 2.75) is 31.7 Å². The summed E-state index contributed by atoms with van der Waals surface area (Å²) in [5.41, 5.74) is 0. The molecule has 3 rings (SSSR count). The number of rotatable bonds is 6. The summed E-state index contributed by atoms with van der Waals surface area (Å²) in [5, 5.41) is 3.04. The molecule has 1 saturated heterocycles. The summed E-state index contributed by atoms with van der Waals surface area (Å²) >= 11 is 0. The van der Waals surface area contributed by atoms with Gasteiger partial charge in [-0.05, 0) is 44.7 Å². The lowest BCUT2D eigenvalue weighted by molar-refractivity contribution is -0.122. The van der Waals surface area contributed by atoms with Gasteiger partial charge in [0.1, 0.15) is 0 Å². The Balaban J connectivity index is 1.33. The van der Waals surface area contributed by atoms with Crippen LogP contribution in [0, 0.1) is 5.92 Å². The lowest BCUT2D eigenvalue weighted by atomic mass is 9.98. The molecule has 0 unspecified atom stereocenters. The minimum absolute atomic E-state index is 0.173. The molecule has 0 radical (unpaired) electrons. The van der Waals surface area contributed by atoms with Crippen LogP contribution >= 0.6 is 0 Å². The van der Waals surface area contributed by atoms with E-state index in [4.69, 9.17) is 4.74 Å². The number of carbonyl (C=O) groups is 1. The highest BCUT2D eigenvalue weighted by molar-refractivity contribution is 5.78. The first kappa shape index (κ1) is 14.3. The Morgan fingerprint density at radius 3 is 2.76 bits per heavy atom. The van der Waals surface area contributed by atoms with Gasteiger partial charge in [0.25, 0.3) is 0 Å². The van der Waals surface area contributed by atoms with Gasteiger partial charge < -0.3 is 10.1 Å². The van der Waals surface area contributed by atoms with Gasteiger partial charge in [0.15, 0.2) is 0 Å². The molecule has 6 heteroatoms. The molecule has 0 bridgehead atoms. The molecule has 0 spiro atoms. The summed E-state index contributed by atoms with van der Waals surface area (Å²) in [6.45, 7) is 3.15. The molecule has 1 aliphatic heterocycles. The lowest BCUT2D eigenvalue weighted by Gasteiger charge is -2.31. The first-order valence-electron chi connectivity index (χ1n) is 7.70. The van der Waals surface area contributed by atoms with Crippen LogP contribution in [0.1, 0.15) is 25.7 Å². The Morgan fingerprint density at radius 2 is 2.10 bits per heavy atom. The second kappa shape index (κ2) is 6.85. The second-order valence-corrected chi connectivity index (χ2v) is 5.92. The number of amides is 1. The van der Waals surface area contributed by atoms with Crippen LogP contribution in [-0.4, -0.2) is 53.1 Å². The summed E-state index contributed by atoms with van der Waals surface area (Å²) in [4.78, 5) is 22.1. The van der Waals surface area contributed by atoms with Gasteiger partial charge in [-0.15, -0.1) is 0 Å². The highest BCUT2D eigenvalue weighted by atomic mass is 16.5. The zero-order valence-corrected chi connectivity index (χ0v) is 12.2. The quantitative estimate of drug-likeness (QED) is 0.841. The van der Waals surface area contributed by atoms with Crippen molar-refractivity contribution >= 4 is 5.91 Å². The molecule has 0 aromatic carbocycles. The lowest BCUT2D eigenvalue weighted by Crippen LogP contribution is -2.42. The summed E-state index contributed by atoms with van der Waals surface area (Å²) in [7, 11) is 0. The Hall–Kier alpha value is -1.69. The monoisotopic (exact) mass is 290 g/mol. The number of hydrogen-bond donors (Lipinski definition) is 1. The van der Waals surface area contributed by atoms with E-state index in [2.05, 4.69) is 20.2 Å². The number of aromatic nitrogens is 2. The molecule has 1 saturated carbocycles. The molecule has 114 valence electrons. The van der Waals surface area contributed by atoms with E-state index in [1.807, 2.05) is 0 Å². The summed E-state index contributed by atoms with van der Waals surface area (Å²) in [5.74, 6) is 1.30. The van der Waals surface area contributed by atoms with Gasteiger partial charge in [-0.2, -0.15) is 0 Å². The molecule has 1 aliphatic carbocycles. The minimum atomic E-state index is 0.173. The number of likely N-dealkylation sites (tertiary alicyclic amines) is 1. The van der Waals surface area contributed by atoms with E-state index in [-0.39, 0.29) is 5.91 Å². The molecule has 1 amide bonds. The molecule has 1 aromatic rings. The highest BCUT2D eigenvalue weighted by Crippen LogP contribution is 2.20. The number of carbonyl (C=O) groups excluding carboxylic acids is 1. The molecule has 1 aromatic heterocycles. The summed E-state index contributed by atoms with van der Waals surface area (Å²) in [6, 6.07) is 0.454. The fourth-order valence-corrected chi connectivity index (χ4v) is 2.58. The van der Waals surface area contributed by atoms with Gasteiger partial charge in [0.2, 0.25) is 11.8 Å². The van der Waals surface area contributed by atoms with Gasteiger partial charge in [0.05, 0.1) is 19.3 Å². The number of ether oxygens (including phenoxy) is 1. The molecule has 2 aliphatic rings. The van der Waals surface area contributed by atoms with Crippen LogP contribution in [0.5, 0.6) is 5.88 Å². The van der Waals surface area contributed by atoms with Crippen molar-refractivity contribution in [3.63, 3.8) is 0 Å². The Kier molecular flexibility index (Phi) is 4.65. The summed E-state index contributed by atoms with van der Waals surface area (Å²) < 4.78 is 5.65. The maximum Gasteiger partial charge on any atom is 0.234 e. The predicted octanol–water partition coefficient (Wildman–Crippen LogP) is 0.846. The number of piperidine rings is 1. The third-order valence-electron chi connectivity index (χ3n) is 4.02. The molecule has 2 fully saturated rings. The largest absolute Gasteiger partial charge is 0.476 e. The first-order chi connectivity index (χ1) is 10.3. The van der Waals surface area contributed by atoms with Gasteiger partial charge in [-0.1, -0.05) is 0 Å². The van der Waals surface area contributed by atoms with Crippen LogP contribution in [0.4, 0.5) is 0 Å². The van der Waals surface area contributed by atoms with Crippen molar-refractivity contribution in [2.24, 2.45) is 5.92 Å². The van der Waals surface area contributed by atoms with E-state index < -0.39 is 0 Å². The predicted molar refractivity (Wildman–Crippen MR) is 77.9 cm³/mol. The van der Waals surface area contributed by atoms with Crippen molar-refractivity contribution in [2.75, 3.05) is 26.2 Å². The van der Waals surface area contributed by atoms with Crippen LogP contribution in [0.25, 0.3) is 0 Å². The second-order valence-electron chi connectivity index (χ2n) is 5.92. The minimum Gasteiger partial charge on any atom is -0.476 e. The third-order valence-corrected chi connectivity index (χ3v) is 4.02. The van der Waals surface area contributed by atoms with Crippen molar-refractivity contribution in [3.8, 4) is 5.88 Å². The van der Waals surface area contributed by atoms with E-state index in [0.717, 1.165) is 38.8 Å². The van der Waals surface area contributed by atoms with Crippen LogP contribution in [-0.2, 0) is 4.79 Å². The zero-order valence-electron chi connectivity index (χ0n) is 12.2. The van der Waals surface area contributed by atoms with Crippen molar-refractivity contribution in [3.05, 3.63) is 18.6 Å². The van der Waals surface area contributed by atoms with E-state index in [9.17, 15) is 4.79 Å². The third kappa shape index (κ3) is 4.67.